The number of imide groups is 1. The number of benzene rings is 1. The van der Waals surface area contributed by atoms with Gasteiger partial charge in [0.05, 0.1) is 11.8 Å². The highest BCUT2D eigenvalue weighted by Gasteiger charge is 2.47. The van der Waals surface area contributed by atoms with E-state index in [2.05, 4.69) is 10.1 Å². The number of nitrogens with zero attached hydrogens (tertiary/aromatic N) is 3. The standard InChI is InChI=1S/C19H25N3O3/c1-3-21(14-8-9-17(20-25)13(2)12-14)10-11-22-18(23)15-6-4-5-7-16(15)19(22)24/h8-9,12,15-16H,3-7,10-11H2,1-2H3/t15-,16-/m0/s1. The summed E-state index contributed by atoms with van der Waals surface area (Å²) < 4.78 is 0. The van der Waals surface area contributed by atoms with Crippen LogP contribution in [0.2, 0.25) is 0 Å². The number of anilines is 1. The Morgan fingerprint density at radius 1 is 1.16 bits per heavy atom. The number of likely N-dealkylation sites (N-methyl/N-ethyl adjacent to an activating group) is 1. The second-order valence-corrected chi connectivity index (χ2v) is 6.97. The Morgan fingerprint density at radius 3 is 2.32 bits per heavy atom. The minimum absolute atomic E-state index is 0.0161. The molecule has 2 atom stereocenters. The van der Waals surface area contributed by atoms with Gasteiger partial charge in [0.25, 0.3) is 0 Å². The molecule has 1 aliphatic carbocycles. The molecule has 25 heavy (non-hydrogen) atoms. The highest BCUT2D eigenvalue weighted by atomic mass is 16.3. The van der Waals surface area contributed by atoms with Crippen molar-refractivity contribution in [1.29, 1.82) is 0 Å². The lowest BCUT2D eigenvalue weighted by Gasteiger charge is -2.26. The van der Waals surface area contributed by atoms with Gasteiger partial charge in [-0.1, -0.05) is 12.8 Å². The van der Waals surface area contributed by atoms with Crippen LogP contribution in [-0.2, 0) is 9.59 Å². The zero-order chi connectivity index (χ0) is 18.0. The Hall–Kier alpha value is -2.24. The maximum absolute atomic E-state index is 12.6. The summed E-state index contributed by atoms with van der Waals surface area (Å²) in [6, 6.07) is 5.50. The molecule has 6 nitrogen and oxygen atoms in total. The van der Waals surface area contributed by atoms with Crippen LogP contribution in [0, 0.1) is 23.7 Å². The highest BCUT2D eigenvalue weighted by molar-refractivity contribution is 6.05. The minimum Gasteiger partial charge on any atom is -0.370 e. The molecule has 0 bridgehead atoms. The SMILES string of the molecule is CCN(CCN1C(=O)[C@H]2CCCC[C@@H]2C1=O)c1ccc(N=O)c(C)c1. The molecule has 0 unspecified atom stereocenters. The molecule has 2 aliphatic rings. The van der Waals surface area contributed by atoms with Gasteiger partial charge in [-0.05, 0) is 55.6 Å². The van der Waals surface area contributed by atoms with Crippen LogP contribution in [0.4, 0.5) is 11.4 Å². The second-order valence-electron chi connectivity index (χ2n) is 6.97. The monoisotopic (exact) mass is 343 g/mol. The first-order valence-electron chi connectivity index (χ1n) is 9.11. The third-order valence-corrected chi connectivity index (χ3v) is 5.55. The molecule has 0 N–H and O–H groups in total. The van der Waals surface area contributed by atoms with E-state index in [-0.39, 0.29) is 23.7 Å². The summed E-state index contributed by atoms with van der Waals surface area (Å²) in [6.07, 6.45) is 3.79. The van der Waals surface area contributed by atoms with Gasteiger partial charge in [0.15, 0.2) is 0 Å². The van der Waals surface area contributed by atoms with E-state index in [1.165, 1.54) is 4.90 Å². The summed E-state index contributed by atoms with van der Waals surface area (Å²) >= 11 is 0. The third-order valence-electron chi connectivity index (χ3n) is 5.55. The van der Waals surface area contributed by atoms with Gasteiger partial charge < -0.3 is 4.90 Å². The maximum atomic E-state index is 12.6. The topological polar surface area (TPSA) is 70.1 Å². The van der Waals surface area contributed by atoms with Crippen LogP contribution in [0.15, 0.2) is 23.4 Å². The normalized spacial score (nSPS) is 22.9. The molecule has 0 aromatic heterocycles. The minimum atomic E-state index is -0.0866. The summed E-state index contributed by atoms with van der Waals surface area (Å²) in [5, 5.41) is 3.00. The van der Waals surface area contributed by atoms with Crippen LogP contribution in [0.5, 0.6) is 0 Å². The van der Waals surface area contributed by atoms with Crippen molar-refractivity contribution in [3.8, 4) is 0 Å². The predicted octanol–water partition coefficient (Wildman–Crippen LogP) is 3.39. The molecule has 0 spiro atoms. The fourth-order valence-electron chi connectivity index (χ4n) is 4.08. The third kappa shape index (κ3) is 3.30. The molecule has 3 rings (SSSR count). The molecule has 1 aromatic carbocycles. The summed E-state index contributed by atoms with van der Waals surface area (Å²) in [5.41, 5.74) is 2.24. The fourth-order valence-corrected chi connectivity index (χ4v) is 4.08. The van der Waals surface area contributed by atoms with Crippen molar-refractivity contribution in [2.75, 3.05) is 24.5 Å². The Balaban J connectivity index is 1.68. The quantitative estimate of drug-likeness (QED) is 0.586. The molecule has 1 aliphatic heterocycles. The van der Waals surface area contributed by atoms with Gasteiger partial charge in [0.2, 0.25) is 11.8 Å². The molecular formula is C19H25N3O3. The summed E-state index contributed by atoms with van der Waals surface area (Å²) in [5.74, 6) is -0.141. The molecule has 6 heteroatoms. The molecule has 1 aromatic rings. The first kappa shape index (κ1) is 17.6. The Bertz CT molecular complexity index is 664. The van der Waals surface area contributed by atoms with E-state index in [0.29, 0.717) is 18.8 Å². The van der Waals surface area contributed by atoms with E-state index in [1.54, 1.807) is 6.07 Å². The number of fused-ring (bicyclic) bond motifs is 1. The maximum Gasteiger partial charge on any atom is 0.233 e. The fraction of sp³-hybridized carbons (Fsp3) is 0.579. The number of nitroso groups, excluding NO2 is 1. The van der Waals surface area contributed by atoms with Gasteiger partial charge >= 0.3 is 0 Å². The van der Waals surface area contributed by atoms with E-state index >= 15 is 0 Å². The number of carbonyl (C=O) groups is 2. The number of rotatable bonds is 6. The summed E-state index contributed by atoms with van der Waals surface area (Å²) in [4.78, 5) is 39.4. The number of amides is 2. The van der Waals surface area contributed by atoms with E-state index in [1.807, 2.05) is 26.0 Å². The molecule has 0 radical (unpaired) electrons. The van der Waals surface area contributed by atoms with Gasteiger partial charge in [-0.2, -0.15) is 0 Å². The molecule has 2 fully saturated rings. The molecule has 2 amide bonds. The molecule has 134 valence electrons. The van der Waals surface area contributed by atoms with Crippen molar-refractivity contribution in [2.24, 2.45) is 17.0 Å². The summed E-state index contributed by atoms with van der Waals surface area (Å²) in [7, 11) is 0. The number of aryl methyl sites for hydroxylation is 1. The van der Waals surface area contributed by atoms with Crippen molar-refractivity contribution in [1.82, 2.24) is 4.90 Å². The second kappa shape index (κ2) is 7.33. The summed E-state index contributed by atoms with van der Waals surface area (Å²) in [6.45, 7) is 5.67. The van der Waals surface area contributed by atoms with Crippen LogP contribution >= 0.6 is 0 Å². The van der Waals surface area contributed by atoms with Crippen LogP contribution in [-0.4, -0.2) is 36.3 Å². The Kier molecular flexibility index (Phi) is 5.16. The number of hydrogen-bond donors (Lipinski definition) is 0. The van der Waals surface area contributed by atoms with Gasteiger partial charge in [0.1, 0.15) is 5.69 Å². The average Bonchev–Trinajstić information content (AvgIpc) is 2.87. The predicted molar refractivity (Wildman–Crippen MR) is 96.7 cm³/mol. The van der Waals surface area contributed by atoms with Crippen LogP contribution in [0.1, 0.15) is 38.2 Å². The van der Waals surface area contributed by atoms with Gasteiger partial charge in [-0.15, -0.1) is 4.91 Å². The van der Waals surface area contributed by atoms with Crippen molar-refractivity contribution in [3.63, 3.8) is 0 Å². The zero-order valence-corrected chi connectivity index (χ0v) is 14.9. The largest absolute Gasteiger partial charge is 0.370 e. The number of likely N-dealkylation sites (tertiary alicyclic amines) is 1. The first-order valence-corrected chi connectivity index (χ1v) is 9.11. The van der Waals surface area contributed by atoms with Gasteiger partial charge in [-0.25, -0.2) is 0 Å². The van der Waals surface area contributed by atoms with Crippen molar-refractivity contribution in [2.45, 2.75) is 39.5 Å². The van der Waals surface area contributed by atoms with Crippen molar-refractivity contribution < 1.29 is 9.59 Å². The smallest absolute Gasteiger partial charge is 0.233 e. The van der Waals surface area contributed by atoms with Crippen LogP contribution < -0.4 is 4.90 Å². The Labute approximate surface area is 148 Å². The lowest BCUT2D eigenvalue weighted by Crippen LogP contribution is -2.39. The molecule has 1 saturated heterocycles. The van der Waals surface area contributed by atoms with Crippen LogP contribution in [0.3, 0.4) is 0 Å². The lowest BCUT2D eigenvalue weighted by atomic mass is 9.81. The van der Waals surface area contributed by atoms with Crippen LogP contribution in [0.25, 0.3) is 0 Å². The van der Waals surface area contributed by atoms with E-state index < -0.39 is 0 Å². The molecule has 1 saturated carbocycles. The zero-order valence-electron chi connectivity index (χ0n) is 14.9. The average molecular weight is 343 g/mol. The number of carbonyl (C=O) groups excluding carboxylic acids is 2. The van der Waals surface area contributed by atoms with Gasteiger partial charge in [0, 0.05) is 25.3 Å². The van der Waals surface area contributed by atoms with E-state index in [9.17, 15) is 14.5 Å². The molecule has 1 heterocycles. The van der Waals surface area contributed by atoms with Gasteiger partial charge in [-0.3, -0.25) is 14.5 Å². The molecular weight excluding hydrogens is 318 g/mol. The lowest BCUT2D eigenvalue weighted by molar-refractivity contribution is -0.139. The van der Waals surface area contributed by atoms with Crippen molar-refractivity contribution in [3.05, 3.63) is 28.7 Å². The van der Waals surface area contributed by atoms with Crippen molar-refractivity contribution >= 4 is 23.2 Å². The first-order chi connectivity index (χ1) is 12.1. The van der Waals surface area contributed by atoms with E-state index in [4.69, 9.17) is 0 Å². The highest BCUT2D eigenvalue weighted by Crippen LogP contribution is 2.38. The Morgan fingerprint density at radius 2 is 1.80 bits per heavy atom. The van der Waals surface area contributed by atoms with E-state index in [0.717, 1.165) is 43.5 Å². The number of hydrogen-bond acceptors (Lipinski definition) is 5.